The van der Waals surface area contributed by atoms with Crippen LogP contribution in [-0.4, -0.2) is 35.7 Å². The molecule has 10 heteroatoms. The van der Waals surface area contributed by atoms with E-state index < -0.39 is 23.9 Å². The van der Waals surface area contributed by atoms with Crippen molar-refractivity contribution in [1.82, 2.24) is 9.97 Å². The molecule has 3 N–H and O–H groups in total. The van der Waals surface area contributed by atoms with Crippen LogP contribution in [0.15, 0.2) is 47.4 Å². The number of amidine groups is 1. The molecule has 3 rings (SSSR count). The first-order chi connectivity index (χ1) is 13.3. The van der Waals surface area contributed by atoms with Crippen molar-refractivity contribution in [2.45, 2.75) is 12.5 Å². The zero-order valence-corrected chi connectivity index (χ0v) is 15.1. The molecule has 0 unspecified atom stereocenters. The molecule has 8 nitrogen and oxygen atoms in total. The van der Waals surface area contributed by atoms with E-state index in [0.29, 0.717) is 5.75 Å². The fourth-order valence-corrected chi connectivity index (χ4v) is 2.68. The summed E-state index contributed by atoms with van der Waals surface area (Å²) in [6.45, 7) is 0.632. The van der Waals surface area contributed by atoms with Crippen LogP contribution in [0, 0.1) is 5.82 Å². The Balaban J connectivity index is 1.90. The standard InChI is InChI=1S/C18H17F2N5O3/c1-18(6-11(7-19)28-17(21)25-18)13-5-10(3-4-14(13)20)24-16(26)15-22-8-12(27-2)9-23-15/h3-6,8-9H,7H2,1-2H3,(H2,21,25)(H,24,26)/t18-/m0/s1. The van der Waals surface area contributed by atoms with Crippen LogP contribution in [0.3, 0.4) is 0 Å². The van der Waals surface area contributed by atoms with E-state index in [1.54, 1.807) is 6.92 Å². The third kappa shape index (κ3) is 3.90. The van der Waals surface area contributed by atoms with Crippen LogP contribution in [0.4, 0.5) is 14.5 Å². The highest BCUT2D eigenvalue weighted by molar-refractivity contribution is 6.01. The van der Waals surface area contributed by atoms with Crippen molar-refractivity contribution in [2.24, 2.45) is 10.7 Å². The highest BCUT2D eigenvalue weighted by Gasteiger charge is 2.32. The lowest BCUT2D eigenvalue weighted by Crippen LogP contribution is -2.31. The molecule has 2 aromatic rings. The molecule has 0 fully saturated rings. The minimum atomic E-state index is -1.30. The number of nitrogens with one attached hydrogen (secondary N) is 1. The number of alkyl halides is 1. The average molecular weight is 389 g/mol. The molecule has 0 saturated carbocycles. The summed E-state index contributed by atoms with van der Waals surface area (Å²) in [5.41, 5.74) is 4.64. The molecule has 1 amide bonds. The van der Waals surface area contributed by atoms with Gasteiger partial charge in [-0.2, -0.15) is 0 Å². The fraction of sp³-hybridized carbons (Fsp3) is 0.222. The van der Waals surface area contributed by atoms with Gasteiger partial charge in [-0.1, -0.05) is 0 Å². The lowest BCUT2D eigenvalue weighted by atomic mass is 9.90. The number of aromatic nitrogens is 2. The number of nitrogens with zero attached hydrogens (tertiary/aromatic N) is 3. The molecule has 1 atom stereocenters. The van der Waals surface area contributed by atoms with Gasteiger partial charge in [-0.3, -0.25) is 4.79 Å². The number of anilines is 1. The molecule has 1 aromatic carbocycles. The second kappa shape index (κ2) is 7.59. The molecule has 2 heterocycles. The smallest absolute Gasteiger partial charge is 0.293 e. The third-order valence-electron chi connectivity index (χ3n) is 3.99. The first-order valence-electron chi connectivity index (χ1n) is 8.13. The molecule has 0 saturated heterocycles. The quantitative estimate of drug-likeness (QED) is 0.812. The maximum atomic E-state index is 14.5. The number of benzene rings is 1. The van der Waals surface area contributed by atoms with Crippen LogP contribution in [0.1, 0.15) is 23.1 Å². The van der Waals surface area contributed by atoms with Gasteiger partial charge in [0, 0.05) is 11.3 Å². The average Bonchev–Trinajstić information content (AvgIpc) is 2.68. The summed E-state index contributed by atoms with van der Waals surface area (Å²) in [6.07, 6.45) is 4.03. The maximum Gasteiger partial charge on any atom is 0.293 e. The number of hydrogen-bond acceptors (Lipinski definition) is 7. The SMILES string of the molecule is COc1cnc(C(=O)Nc2ccc(F)c([C@]3(C)C=C(CF)OC(N)=N3)c2)nc1. The summed E-state index contributed by atoms with van der Waals surface area (Å²) >= 11 is 0. The highest BCUT2D eigenvalue weighted by Crippen LogP contribution is 2.35. The maximum absolute atomic E-state index is 14.5. The normalized spacial score (nSPS) is 18.6. The predicted molar refractivity (Wildman–Crippen MR) is 97.1 cm³/mol. The molecule has 0 radical (unpaired) electrons. The fourth-order valence-electron chi connectivity index (χ4n) is 2.68. The van der Waals surface area contributed by atoms with Gasteiger partial charge in [0.05, 0.1) is 19.5 Å². The molecule has 146 valence electrons. The van der Waals surface area contributed by atoms with Gasteiger partial charge in [-0.15, -0.1) is 0 Å². The Labute approximate surface area is 159 Å². The summed E-state index contributed by atoms with van der Waals surface area (Å²) < 4.78 is 37.4. The molecule has 0 aliphatic carbocycles. The number of aliphatic imine (C=N–C) groups is 1. The summed E-state index contributed by atoms with van der Waals surface area (Å²) in [7, 11) is 1.45. The molecular weight excluding hydrogens is 372 g/mol. The van der Waals surface area contributed by atoms with Crippen molar-refractivity contribution in [2.75, 3.05) is 19.1 Å². The van der Waals surface area contributed by atoms with Gasteiger partial charge in [-0.05, 0) is 31.2 Å². The monoisotopic (exact) mass is 389 g/mol. The summed E-state index contributed by atoms with van der Waals surface area (Å²) in [4.78, 5) is 24.2. The number of carbonyl (C=O) groups excluding carboxylic acids is 1. The lowest BCUT2D eigenvalue weighted by molar-refractivity contribution is 0.101. The number of carbonyl (C=O) groups is 1. The number of halogens is 2. The number of ether oxygens (including phenoxy) is 2. The number of allylic oxidation sites excluding steroid dienone is 1. The first-order valence-corrected chi connectivity index (χ1v) is 8.13. The lowest BCUT2D eigenvalue weighted by Gasteiger charge is -2.28. The van der Waals surface area contributed by atoms with Crippen molar-refractivity contribution in [3.63, 3.8) is 0 Å². The van der Waals surface area contributed by atoms with E-state index in [2.05, 4.69) is 20.3 Å². The summed E-state index contributed by atoms with van der Waals surface area (Å²) in [5, 5.41) is 2.58. The van der Waals surface area contributed by atoms with Gasteiger partial charge < -0.3 is 20.5 Å². The van der Waals surface area contributed by atoms with E-state index in [-0.39, 0.29) is 28.9 Å². The zero-order chi connectivity index (χ0) is 20.3. The van der Waals surface area contributed by atoms with Crippen LogP contribution in [-0.2, 0) is 10.3 Å². The van der Waals surface area contributed by atoms with Crippen LogP contribution < -0.4 is 15.8 Å². The molecule has 0 spiro atoms. The Morgan fingerprint density at radius 2 is 2.07 bits per heavy atom. The number of nitrogens with two attached hydrogens (primary N) is 1. The zero-order valence-electron chi connectivity index (χ0n) is 15.1. The number of amides is 1. The number of methoxy groups -OCH3 is 1. The van der Waals surface area contributed by atoms with E-state index in [0.717, 1.165) is 6.07 Å². The Hall–Kier alpha value is -3.56. The van der Waals surface area contributed by atoms with E-state index in [1.807, 2.05) is 0 Å². The van der Waals surface area contributed by atoms with Crippen LogP contribution in [0.2, 0.25) is 0 Å². The Morgan fingerprint density at radius 3 is 2.71 bits per heavy atom. The minimum absolute atomic E-state index is 0.0736. The van der Waals surface area contributed by atoms with Crippen LogP contribution >= 0.6 is 0 Å². The first kappa shape index (κ1) is 19.2. The Kier molecular flexibility index (Phi) is 5.21. The largest absolute Gasteiger partial charge is 0.494 e. The van der Waals surface area contributed by atoms with Gasteiger partial charge in [0.1, 0.15) is 23.8 Å². The van der Waals surface area contributed by atoms with Crippen molar-refractivity contribution in [1.29, 1.82) is 0 Å². The van der Waals surface area contributed by atoms with Crippen molar-refractivity contribution < 1.29 is 23.0 Å². The van der Waals surface area contributed by atoms with Gasteiger partial charge in [0.25, 0.3) is 11.9 Å². The number of rotatable bonds is 5. The van der Waals surface area contributed by atoms with Crippen LogP contribution in [0.25, 0.3) is 0 Å². The minimum Gasteiger partial charge on any atom is -0.494 e. The number of hydrogen-bond donors (Lipinski definition) is 2. The topological polar surface area (TPSA) is 112 Å². The Morgan fingerprint density at radius 1 is 1.36 bits per heavy atom. The summed E-state index contributed by atoms with van der Waals surface area (Å²) in [6, 6.07) is 3.63. The van der Waals surface area contributed by atoms with Crippen LogP contribution in [0.5, 0.6) is 5.75 Å². The Bertz CT molecular complexity index is 962. The van der Waals surface area contributed by atoms with Gasteiger partial charge in [0.15, 0.2) is 5.75 Å². The molecule has 1 aliphatic heterocycles. The van der Waals surface area contributed by atoms with Crippen molar-refractivity contribution in [3.8, 4) is 5.75 Å². The molecule has 1 aromatic heterocycles. The second-order valence-electron chi connectivity index (χ2n) is 6.04. The third-order valence-corrected chi connectivity index (χ3v) is 3.99. The van der Waals surface area contributed by atoms with E-state index in [9.17, 15) is 13.6 Å². The molecule has 1 aliphatic rings. The van der Waals surface area contributed by atoms with Gasteiger partial charge in [-0.25, -0.2) is 23.7 Å². The van der Waals surface area contributed by atoms with Crippen molar-refractivity contribution in [3.05, 3.63) is 59.6 Å². The molecular formula is C18H17F2N5O3. The molecule has 0 bridgehead atoms. The van der Waals surface area contributed by atoms with Crippen molar-refractivity contribution >= 4 is 17.6 Å². The van der Waals surface area contributed by atoms with E-state index >= 15 is 0 Å². The highest BCUT2D eigenvalue weighted by atomic mass is 19.1. The second-order valence-corrected chi connectivity index (χ2v) is 6.04. The summed E-state index contributed by atoms with van der Waals surface area (Å²) in [5.74, 6) is -0.963. The van der Waals surface area contributed by atoms with E-state index in [4.69, 9.17) is 15.2 Å². The van der Waals surface area contributed by atoms with Gasteiger partial charge >= 0.3 is 0 Å². The van der Waals surface area contributed by atoms with Gasteiger partial charge in [0.2, 0.25) is 5.82 Å². The molecule has 28 heavy (non-hydrogen) atoms. The predicted octanol–water partition coefficient (Wildman–Crippen LogP) is 2.29. The van der Waals surface area contributed by atoms with E-state index in [1.165, 1.54) is 37.7 Å².